The number of anilines is 3. The van der Waals surface area contributed by atoms with Gasteiger partial charge in [0.2, 0.25) is 0 Å². The van der Waals surface area contributed by atoms with Crippen LogP contribution < -0.4 is 4.90 Å². The van der Waals surface area contributed by atoms with Crippen molar-refractivity contribution in [3.05, 3.63) is 194 Å². The predicted molar refractivity (Wildman–Crippen MR) is 218 cm³/mol. The summed E-state index contributed by atoms with van der Waals surface area (Å²) in [6.45, 7) is 0. The fraction of sp³-hybridized carbons (Fsp3) is 0. The van der Waals surface area contributed by atoms with Gasteiger partial charge in [0.25, 0.3) is 0 Å². The van der Waals surface area contributed by atoms with Gasteiger partial charge >= 0.3 is 0 Å². The monoisotopic (exact) mass is 664 g/mol. The highest BCUT2D eigenvalue weighted by molar-refractivity contribution is 6.30. The Morgan fingerprint density at radius 3 is 1.54 bits per heavy atom. The summed E-state index contributed by atoms with van der Waals surface area (Å²) in [4.78, 5) is 7.70. The van der Waals surface area contributed by atoms with Crippen LogP contribution in [0.2, 0.25) is 0 Å². The summed E-state index contributed by atoms with van der Waals surface area (Å²) in [5.41, 5.74) is 12.3. The molecule has 10 aromatic rings. The number of para-hydroxylation sites is 2. The Kier molecular flexibility index (Phi) is 7.14. The highest BCUT2D eigenvalue weighted by Crippen LogP contribution is 2.49. The van der Waals surface area contributed by atoms with Crippen LogP contribution >= 0.6 is 0 Å². The Bertz CT molecular complexity index is 2810. The number of benzene rings is 8. The molecule has 0 unspecified atom stereocenters. The molecule has 10 rings (SSSR count). The van der Waals surface area contributed by atoms with Crippen LogP contribution in [0.25, 0.3) is 77.1 Å². The van der Waals surface area contributed by atoms with Gasteiger partial charge in [0.05, 0.1) is 16.9 Å². The molecule has 3 nitrogen and oxygen atoms in total. The first kappa shape index (κ1) is 29.9. The molecule has 0 N–H and O–H groups in total. The highest BCUT2D eigenvalue weighted by Gasteiger charge is 2.25. The molecular formula is C49H32N2O. The first-order chi connectivity index (χ1) is 25.8. The van der Waals surface area contributed by atoms with Crippen LogP contribution in [0.3, 0.4) is 0 Å². The zero-order valence-electron chi connectivity index (χ0n) is 28.3. The van der Waals surface area contributed by atoms with Gasteiger partial charge in [0.1, 0.15) is 5.58 Å². The number of aromatic nitrogens is 1. The quantitative estimate of drug-likeness (QED) is 0.166. The summed E-state index contributed by atoms with van der Waals surface area (Å²) in [7, 11) is 0. The molecule has 244 valence electrons. The lowest BCUT2D eigenvalue weighted by atomic mass is 9.94. The van der Waals surface area contributed by atoms with Gasteiger partial charge in [-0.3, -0.25) is 0 Å². The molecule has 0 bridgehead atoms. The maximum Gasteiger partial charge on any atom is 0.160 e. The van der Waals surface area contributed by atoms with Crippen LogP contribution in [0.5, 0.6) is 0 Å². The van der Waals surface area contributed by atoms with E-state index >= 15 is 0 Å². The normalized spacial score (nSPS) is 11.5. The molecule has 0 spiro atoms. The zero-order valence-corrected chi connectivity index (χ0v) is 28.3. The van der Waals surface area contributed by atoms with Crippen LogP contribution in [0.1, 0.15) is 0 Å². The first-order valence-corrected chi connectivity index (χ1v) is 17.6. The molecule has 0 amide bonds. The maximum atomic E-state index is 6.98. The molecule has 2 aromatic heterocycles. The van der Waals surface area contributed by atoms with Crippen LogP contribution in [-0.4, -0.2) is 4.98 Å². The van der Waals surface area contributed by atoms with Crippen LogP contribution in [0.4, 0.5) is 17.1 Å². The second-order valence-corrected chi connectivity index (χ2v) is 13.1. The van der Waals surface area contributed by atoms with E-state index in [9.17, 15) is 0 Å². The highest BCUT2D eigenvalue weighted by atomic mass is 16.3. The molecule has 0 aliphatic rings. The van der Waals surface area contributed by atoms with Crippen molar-refractivity contribution >= 4 is 60.7 Å². The van der Waals surface area contributed by atoms with E-state index in [1.54, 1.807) is 0 Å². The molecule has 0 aliphatic heterocycles. The molecule has 2 heterocycles. The van der Waals surface area contributed by atoms with Crippen molar-refractivity contribution in [1.29, 1.82) is 0 Å². The summed E-state index contributed by atoms with van der Waals surface area (Å²) >= 11 is 0. The zero-order chi connectivity index (χ0) is 34.4. The van der Waals surface area contributed by atoms with Crippen molar-refractivity contribution < 1.29 is 4.42 Å². The average Bonchev–Trinajstić information content (AvgIpc) is 3.62. The van der Waals surface area contributed by atoms with Gasteiger partial charge in [-0.1, -0.05) is 152 Å². The van der Waals surface area contributed by atoms with Crippen molar-refractivity contribution in [2.75, 3.05) is 4.90 Å². The molecule has 0 aliphatic carbocycles. The van der Waals surface area contributed by atoms with E-state index in [2.05, 4.69) is 193 Å². The van der Waals surface area contributed by atoms with Crippen molar-refractivity contribution in [2.24, 2.45) is 0 Å². The lowest BCUT2D eigenvalue weighted by molar-refractivity contribution is 0.669. The Balaban J connectivity index is 1.35. The summed E-state index contributed by atoms with van der Waals surface area (Å²) < 4.78 is 6.98. The maximum absolute atomic E-state index is 6.98. The van der Waals surface area contributed by atoms with E-state index in [4.69, 9.17) is 9.40 Å². The van der Waals surface area contributed by atoms with Crippen molar-refractivity contribution in [3.8, 4) is 33.5 Å². The van der Waals surface area contributed by atoms with Gasteiger partial charge in [-0.2, -0.15) is 0 Å². The van der Waals surface area contributed by atoms with E-state index in [0.29, 0.717) is 0 Å². The smallest absolute Gasteiger partial charge is 0.160 e. The summed E-state index contributed by atoms with van der Waals surface area (Å²) in [6.07, 6.45) is 0. The summed E-state index contributed by atoms with van der Waals surface area (Å²) in [5.74, 6) is 0. The van der Waals surface area contributed by atoms with Crippen LogP contribution in [0, 0.1) is 0 Å². The SMILES string of the molecule is c1ccc(-c2cccc(N(c3cccc(-c4ccccc4)c3)c3cc4c(-c5ccccc5)nc5ccccc5c4c4c3oc3ccccc34)c2)cc1. The van der Waals surface area contributed by atoms with E-state index in [-0.39, 0.29) is 0 Å². The number of hydrogen-bond donors (Lipinski definition) is 0. The Morgan fingerprint density at radius 1 is 0.385 bits per heavy atom. The average molecular weight is 665 g/mol. The number of pyridine rings is 1. The third kappa shape index (κ3) is 5.02. The third-order valence-electron chi connectivity index (χ3n) is 10.0. The number of furan rings is 1. The fourth-order valence-electron chi connectivity index (χ4n) is 7.63. The molecule has 0 fully saturated rings. The van der Waals surface area contributed by atoms with E-state index in [1.807, 2.05) is 6.07 Å². The largest absolute Gasteiger partial charge is 0.454 e. The number of nitrogens with zero attached hydrogens (tertiary/aromatic N) is 2. The Hall–Kier alpha value is -6.97. The van der Waals surface area contributed by atoms with E-state index in [0.717, 1.165) is 94.2 Å². The van der Waals surface area contributed by atoms with Gasteiger partial charge in [-0.25, -0.2) is 4.98 Å². The topological polar surface area (TPSA) is 29.3 Å². The standard InChI is InChI=1S/C49H32N2O/c1-4-16-33(17-5-1)36-22-14-24-38(30-36)51(39-25-15-23-37(31-39)34-18-6-2-7-19-34)44-32-42-46(47-41-27-11-13-29-45(41)52-49(44)47)40-26-10-12-28-43(40)50-48(42)35-20-8-3-9-21-35/h1-32H. The molecule has 3 heteroatoms. The third-order valence-corrected chi connectivity index (χ3v) is 10.0. The Labute approximate surface area is 301 Å². The second kappa shape index (κ2) is 12.4. The van der Waals surface area contributed by atoms with Crippen molar-refractivity contribution in [3.63, 3.8) is 0 Å². The second-order valence-electron chi connectivity index (χ2n) is 13.1. The van der Waals surface area contributed by atoms with Gasteiger partial charge in [-0.15, -0.1) is 0 Å². The molecular weight excluding hydrogens is 633 g/mol. The van der Waals surface area contributed by atoms with Crippen LogP contribution in [-0.2, 0) is 0 Å². The number of rotatable bonds is 6. The molecule has 0 atom stereocenters. The van der Waals surface area contributed by atoms with Gasteiger partial charge < -0.3 is 9.32 Å². The minimum Gasteiger partial charge on any atom is -0.454 e. The fourth-order valence-corrected chi connectivity index (χ4v) is 7.63. The van der Waals surface area contributed by atoms with Crippen LogP contribution in [0.15, 0.2) is 199 Å². The predicted octanol–water partition coefficient (Wildman–Crippen LogP) is 13.8. The summed E-state index contributed by atoms with van der Waals surface area (Å²) in [6, 6.07) is 68.4. The van der Waals surface area contributed by atoms with Gasteiger partial charge in [0.15, 0.2) is 5.58 Å². The molecule has 8 aromatic carbocycles. The van der Waals surface area contributed by atoms with E-state index in [1.165, 1.54) is 0 Å². The molecule has 0 radical (unpaired) electrons. The minimum atomic E-state index is 0.833. The van der Waals surface area contributed by atoms with Crippen molar-refractivity contribution in [1.82, 2.24) is 4.98 Å². The van der Waals surface area contributed by atoms with Crippen molar-refractivity contribution in [2.45, 2.75) is 0 Å². The molecule has 0 saturated carbocycles. The van der Waals surface area contributed by atoms with Gasteiger partial charge in [0, 0.05) is 43.9 Å². The molecule has 0 saturated heterocycles. The minimum absolute atomic E-state index is 0.833. The van der Waals surface area contributed by atoms with E-state index < -0.39 is 0 Å². The summed E-state index contributed by atoms with van der Waals surface area (Å²) in [5, 5.41) is 5.48. The first-order valence-electron chi connectivity index (χ1n) is 17.6. The molecule has 52 heavy (non-hydrogen) atoms. The lowest BCUT2D eigenvalue weighted by Crippen LogP contribution is -2.11. The Morgan fingerprint density at radius 2 is 0.904 bits per heavy atom. The number of hydrogen-bond acceptors (Lipinski definition) is 3. The number of fused-ring (bicyclic) bond motifs is 7. The van der Waals surface area contributed by atoms with Gasteiger partial charge in [-0.05, 0) is 64.7 Å². The lowest BCUT2D eigenvalue weighted by Gasteiger charge is -2.27.